The molecule has 0 fully saturated rings. The van der Waals surface area contributed by atoms with E-state index in [2.05, 4.69) is 12.2 Å². The normalized spacial score (nSPS) is 13.0. The van der Waals surface area contributed by atoms with Crippen LogP contribution >= 0.6 is 0 Å². The van der Waals surface area contributed by atoms with Gasteiger partial charge in [0.05, 0.1) is 13.7 Å². The molecule has 0 radical (unpaired) electrons. The lowest BCUT2D eigenvalue weighted by molar-refractivity contribution is -0.858. The summed E-state index contributed by atoms with van der Waals surface area (Å²) in [5.74, 6) is 1.47. The van der Waals surface area contributed by atoms with Gasteiger partial charge >= 0.3 is 12.0 Å². The SMILES string of the molecule is CCCCNC(=O)[N+](C)(Cc1cc(C)c(OC(C)(C)C(=O)OCC)c(C)c1)Cc1nc(-c2ccccc2)oc1C. The highest BCUT2D eigenvalue weighted by Gasteiger charge is 2.36. The monoisotopic (exact) mass is 550 g/mol. The molecule has 0 aliphatic carbocycles. The molecular formula is C32H44N3O5+. The fraction of sp³-hybridized carbons (Fsp3) is 0.469. The van der Waals surface area contributed by atoms with Crippen LogP contribution in [0.25, 0.3) is 11.5 Å². The van der Waals surface area contributed by atoms with Gasteiger partial charge in [-0.25, -0.2) is 19.1 Å². The lowest BCUT2D eigenvalue weighted by Gasteiger charge is -2.32. The number of aryl methyl sites for hydroxylation is 3. The number of esters is 1. The van der Waals surface area contributed by atoms with Gasteiger partial charge in [-0.15, -0.1) is 0 Å². The van der Waals surface area contributed by atoms with Gasteiger partial charge in [-0.2, -0.15) is 0 Å². The summed E-state index contributed by atoms with van der Waals surface area (Å²) in [6.07, 6.45) is 1.90. The van der Waals surface area contributed by atoms with Crippen molar-refractivity contribution < 1.29 is 28.0 Å². The van der Waals surface area contributed by atoms with Crippen molar-refractivity contribution in [2.75, 3.05) is 20.2 Å². The zero-order valence-corrected chi connectivity index (χ0v) is 25.2. The zero-order chi connectivity index (χ0) is 29.5. The van der Waals surface area contributed by atoms with Crippen LogP contribution in [0.5, 0.6) is 5.75 Å². The average Bonchev–Trinajstić information content (AvgIpc) is 3.26. The molecule has 8 heteroatoms. The molecule has 40 heavy (non-hydrogen) atoms. The lowest BCUT2D eigenvalue weighted by Crippen LogP contribution is -2.53. The molecule has 1 atom stereocenters. The first kappa shape index (κ1) is 30.9. The van der Waals surface area contributed by atoms with Crippen LogP contribution in [0.4, 0.5) is 4.79 Å². The van der Waals surface area contributed by atoms with Crippen molar-refractivity contribution in [1.82, 2.24) is 10.3 Å². The Labute approximate surface area is 238 Å². The number of hydrogen-bond acceptors (Lipinski definition) is 6. The van der Waals surface area contributed by atoms with Crippen molar-refractivity contribution in [3.8, 4) is 17.2 Å². The van der Waals surface area contributed by atoms with Crippen molar-refractivity contribution in [3.05, 3.63) is 70.6 Å². The van der Waals surface area contributed by atoms with Crippen molar-refractivity contribution in [2.45, 2.75) is 80.0 Å². The van der Waals surface area contributed by atoms with Gasteiger partial charge in [0.25, 0.3) is 0 Å². The van der Waals surface area contributed by atoms with Crippen molar-refractivity contribution >= 4 is 12.0 Å². The van der Waals surface area contributed by atoms with E-state index < -0.39 is 11.6 Å². The van der Waals surface area contributed by atoms with Gasteiger partial charge < -0.3 is 19.2 Å². The number of carbonyl (C=O) groups is 2. The summed E-state index contributed by atoms with van der Waals surface area (Å²) in [6.45, 7) is 14.8. The van der Waals surface area contributed by atoms with E-state index in [-0.39, 0.29) is 17.1 Å². The van der Waals surface area contributed by atoms with Crippen molar-refractivity contribution in [1.29, 1.82) is 0 Å². The summed E-state index contributed by atoms with van der Waals surface area (Å²) in [5.41, 5.74) is 3.26. The van der Waals surface area contributed by atoms with E-state index in [0.717, 1.165) is 40.8 Å². The van der Waals surface area contributed by atoms with Gasteiger partial charge in [-0.3, -0.25) is 0 Å². The summed E-state index contributed by atoms with van der Waals surface area (Å²) in [5, 5.41) is 3.12. The number of quaternary nitrogens is 1. The maximum atomic E-state index is 13.6. The zero-order valence-electron chi connectivity index (χ0n) is 25.2. The highest BCUT2D eigenvalue weighted by molar-refractivity contribution is 5.79. The van der Waals surface area contributed by atoms with Crippen LogP contribution in [-0.4, -0.2) is 47.3 Å². The van der Waals surface area contributed by atoms with E-state index >= 15 is 0 Å². The van der Waals surface area contributed by atoms with Crippen LogP contribution in [0.3, 0.4) is 0 Å². The minimum Gasteiger partial charge on any atom is -0.476 e. The Balaban J connectivity index is 1.92. The first-order chi connectivity index (χ1) is 18.9. The number of unbranched alkanes of at least 4 members (excludes halogenated alkanes) is 1. The topological polar surface area (TPSA) is 90.7 Å². The van der Waals surface area contributed by atoms with Crippen molar-refractivity contribution in [3.63, 3.8) is 0 Å². The van der Waals surface area contributed by atoms with Crippen LogP contribution in [0.1, 0.15) is 68.7 Å². The second kappa shape index (κ2) is 13.1. The second-order valence-electron chi connectivity index (χ2n) is 11.1. The number of carbonyl (C=O) groups excluding carboxylic acids is 2. The number of amides is 2. The maximum Gasteiger partial charge on any atom is 0.416 e. The van der Waals surface area contributed by atoms with Crippen LogP contribution in [0.2, 0.25) is 0 Å². The summed E-state index contributed by atoms with van der Waals surface area (Å²) >= 11 is 0. The summed E-state index contributed by atoms with van der Waals surface area (Å²) in [4.78, 5) is 30.8. The lowest BCUT2D eigenvalue weighted by atomic mass is 10.0. The third-order valence-corrected chi connectivity index (χ3v) is 6.88. The molecule has 216 valence electrons. The Kier molecular flexibility index (Phi) is 10.1. The van der Waals surface area contributed by atoms with E-state index in [9.17, 15) is 9.59 Å². The molecule has 3 aromatic rings. The van der Waals surface area contributed by atoms with Gasteiger partial charge in [0.2, 0.25) is 5.89 Å². The molecule has 8 nitrogen and oxygen atoms in total. The minimum absolute atomic E-state index is 0.0682. The van der Waals surface area contributed by atoms with E-state index in [1.807, 2.05) is 70.3 Å². The Hall–Kier alpha value is -3.65. The van der Waals surface area contributed by atoms with Crippen LogP contribution in [-0.2, 0) is 22.6 Å². The number of aromatic nitrogens is 1. The number of nitrogens with one attached hydrogen (secondary N) is 1. The van der Waals surface area contributed by atoms with E-state index in [1.165, 1.54) is 0 Å². The molecule has 0 saturated heterocycles. The third kappa shape index (κ3) is 7.50. The van der Waals surface area contributed by atoms with Gasteiger partial charge in [0.15, 0.2) is 5.60 Å². The van der Waals surface area contributed by atoms with Crippen LogP contribution in [0.15, 0.2) is 46.9 Å². The molecule has 1 N–H and O–H groups in total. The first-order valence-electron chi connectivity index (χ1n) is 14.0. The van der Waals surface area contributed by atoms with E-state index in [1.54, 1.807) is 20.8 Å². The maximum absolute atomic E-state index is 13.6. The quantitative estimate of drug-likeness (QED) is 0.154. The molecule has 0 aliphatic heterocycles. The Bertz CT molecular complexity index is 1290. The largest absolute Gasteiger partial charge is 0.476 e. The highest BCUT2D eigenvalue weighted by atomic mass is 16.6. The number of hydrogen-bond donors (Lipinski definition) is 1. The number of nitrogens with zero attached hydrogens (tertiary/aromatic N) is 2. The van der Waals surface area contributed by atoms with E-state index in [0.29, 0.717) is 37.0 Å². The Morgan fingerprint density at radius 1 is 1.02 bits per heavy atom. The molecule has 2 amide bonds. The standard InChI is InChI=1S/C32H43N3O5/c1-9-11-17-33-31(37)35(8,21-27-24(5)39-29(34-27)26-15-13-12-14-16-26)20-25-18-22(3)28(23(4)19-25)40-32(6,7)30(36)38-10-2/h12-16,18-19H,9-11,17,20-21H2,1-8H3/p+1. The smallest absolute Gasteiger partial charge is 0.416 e. The number of urea groups is 1. The summed E-state index contributed by atoms with van der Waals surface area (Å²) < 4.78 is 17.4. The molecule has 1 heterocycles. The third-order valence-electron chi connectivity index (χ3n) is 6.88. The summed E-state index contributed by atoms with van der Waals surface area (Å²) in [7, 11) is 1.93. The molecule has 1 aromatic heterocycles. The molecule has 1 unspecified atom stereocenters. The molecule has 3 rings (SSSR count). The molecule has 0 bridgehead atoms. The van der Waals surface area contributed by atoms with Crippen LogP contribution < -0.4 is 10.1 Å². The predicted molar refractivity (Wildman–Crippen MR) is 156 cm³/mol. The number of benzene rings is 2. The summed E-state index contributed by atoms with van der Waals surface area (Å²) in [6, 6.07) is 13.7. The van der Waals surface area contributed by atoms with E-state index in [4.69, 9.17) is 18.9 Å². The number of oxazole rings is 1. The van der Waals surface area contributed by atoms with Gasteiger partial charge in [-0.1, -0.05) is 31.5 Å². The van der Waals surface area contributed by atoms with Gasteiger partial charge in [0.1, 0.15) is 30.3 Å². The first-order valence-corrected chi connectivity index (χ1v) is 14.0. The fourth-order valence-corrected chi connectivity index (χ4v) is 4.67. The van der Waals surface area contributed by atoms with Crippen molar-refractivity contribution in [2.24, 2.45) is 0 Å². The van der Waals surface area contributed by atoms with Crippen LogP contribution in [0, 0.1) is 20.8 Å². The predicted octanol–water partition coefficient (Wildman–Crippen LogP) is 6.64. The fourth-order valence-electron chi connectivity index (χ4n) is 4.67. The Morgan fingerprint density at radius 3 is 2.27 bits per heavy atom. The molecule has 0 saturated carbocycles. The highest BCUT2D eigenvalue weighted by Crippen LogP contribution is 2.31. The molecule has 0 aliphatic rings. The molecule has 2 aromatic carbocycles. The molecule has 0 spiro atoms. The Morgan fingerprint density at radius 2 is 1.68 bits per heavy atom. The minimum atomic E-state index is -1.13. The second-order valence-corrected chi connectivity index (χ2v) is 11.1. The molecular weight excluding hydrogens is 506 g/mol. The van der Waals surface area contributed by atoms with Gasteiger partial charge in [-0.05, 0) is 83.4 Å². The number of ether oxygens (including phenoxy) is 2. The average molecular weight is 551 g/mol. The number of rotatable bonds is 12. The van der Waals surface area contributed by atoms with Gasteiger partial charge in [0, 0.05) is 17.7 Å².